The Bertz CT molecular complexity index is 830. The van der Waals surface area contributed by atoms with Gasteiger partial charge in [0.1, 0.15) is 0 Å². The van der Waals surface area contributed by atoms with Gasteiger partial charge in [-0.3, -0.25) is 14.7 Å². The molecule has 1 aromatic heterocycles. The summed E-state index contributed by atoms with van der Waals surface area (Å²) in [5.74, 6) is 0.0824. The molecule has 2 N–H and O–H groups in total. The van der Waals surface area contributed by atoms with E-state index in [4.69, 9.17) is 0 Å². The van der Waals surface area contributed by atoms with Gasteiger partial charge in [-0.25, -0.2) is 0 Å². The van der Waals surface area contributed by atoms with Crippen molar-refractivity contribution in [3.8, 4) is 0 Å². The molecule has 0 bridgehead atoms. The zero-order valence-electron chi connectivity index (χ0n) is 16.2. The zero-order valence-corrected chi connectivity index (χ0v) is 16.2. The minimum atomic E-state index is -0.124. The van der Waals surface area contributed by atoms with Crippen LogP contribution >= 0.6 is 0 Å². The third-order valence-corrected chi connectivity index (χ3v) is 5.93. The lowest BCUT2D eigenvalue weighted by atomic mass is 9.96. The van der Waals surface area contributed by atoms with E-state index in [2.05, 4.69) is 27.6 Å². The molecule has 1 fully saturated rings. The molecule has 0 radical (unpaired) electrons. The van der Waals surface area contributed by atoms with Crippen LogP contribution in [-0.2, 0) is 35.4 Å². The van der Waals surface area contributed by atoms with Crippen LogP contribution in [0.2, 0.25) is 0 Å². The minimum Gasteiger partial charge on any atom is -0.350 e. The molecule has 1 aliphatic heterocycles. The van der Waals surface area contributed by atoms with Crippen molar-refractivity contribution >= 4 is 11.8 Å². The summed E-state index contributed by atoms with van der Waals surface area (Å²) in [4.78, 5) is 26.8. The number of H-pyrrole nitrogens is 1. The summed E-state index contributed by atoms with van der Waals surface area (Å²) in [6.45, 7) is 1.71. The fourth-order valence-electron chi connectivity index (χ4n) is 4.31. The molecule has 2 heterocycles. The van der Waals surface area contributed by atoms with Gasteiger partial charge in [0.2, 0.25) is 11.8 Å². The number of hydrogen-bond acceptors (Lipinski definition) is 3. The number of aromatic nitrogens is 2. The van der Waals surface area contributed by atoms with E-state index in [0.717, 1.165) is 37.8 Å². The molecule has 1 aromatic carbocycles. The zero-order chi connectivity index (χ0) is 19.3. The summed E-state index contributed by atoms with van der Waals surface area (Å²) in [6, 6.07) is 10.3. The van der Waals surface area contributed by atoms with Crippen LogP contribution in [0.25, 0.3) is 0 Å². The van der Waals surface area contributed by atoms with Crippen LogP contribution < -0.4 is 5.32 Å². The number of aryl methyl sites for hydroxylation is 2. The van der Waals surface area contributed by atoms with Gasteiger partial charge < -0.3 is 10.2 Å². The molecular weight excluding hydrogens is 352 g/mol. The van der Waals surface area contributed by atoms with Crippen LogP contribution in [0.3, 0.4) is 0 Å². The van der Waals surface area contributed by atoms with Gasteiger partial charge in [0, 0.05) is 25.2 Å². The van der Waals surface area contributed by atoms with Gasteiger partial charge in [-0.05, 0) is 49.7 Å². The molecule has 4 rings (SSSR count). The van der Waals surface area contributed by atoms with Crippen molar-refractivity contribution in [2.75, 3.05) is 13.1 Å². The highest BCUT2D eigenvalue weighted by Gasteiger charge is 2.30. The normalized spacial score (nSPS) is 18.9. The average molecular weight is 380 g/mol. The molecule has 28 heavy (non-hydrogen) atoms. The Labute approximate surface area is 165 Å². The third-order valence-electron chi connectivity index (χ3n) is 5.93. The van der Waals surface area contributed by atoms with Crippen LogP contribution in [0.5, 0.6) is 0 Å². The first-order valence-electron chi connectivity index (χ1n) is 10.3. The first-order valence-corrected chi connectivity index (χ1v) is 10.3. The van der Waals surface area contributed by atoms with E-state index in [0.29, 0.717) is 32.5 Å². The van der Waals surface area contributed by atoms with Crippen molar-refractivity contribution in [1.29, 1.82) is 0 Å². The third kappa shape index (κ3) is 4.26. The summed E-state index contributed by atoms with van der Waals surface area (Å²) in [5, 5.41) is 10.5. The molecule has 6 heteroatoms. The molecule has 0 saturated carbocycles. The predicted octanol–water partition coefficient (Wildman–Crippen LogP) is 2.39. The Morgan fingerprint density at radius 3 is 2.93 bits per heavy atom. The molecule has 2 aliphatic rings. The van der Waals surface area contributed by atoms with Crippen molar-refractivity contribution < 1.29 is 9.59 Å². The second-order valence-corrected chi connectivity index (χ2v) is 7.86. The lowest BCUT2D eigenvalue weighted by Gasteiger charge is -2.32. The summed E-state index contributed by atoms with van der Waals surface area (Å²) in [5.41, 5.74) is 4.75. The first-order chi connectivity index (χ1) is 13.7. The quantitative estimate of drug-likeness (QED) is 0.774. The monoisotopic (exact) mass is 380 g/mol. The van der Waals surface area contributed by atoms with E-state index in [1.807, 2.05) is 23.1 Å². The fourth-order valence-corrected chi connectivity index (χ4v) is 4.31. The van der Waals surface area contributed by atoms with Gasteiger partial charge >= 0.3 is 0 Å². The standard InChI is InChI=1S/C22H28N4O2/c27-21-12-11-17(15-26(21)13-5-8-16-6-2-1-3-7-16)22(28)23-14-20-18-9-4-10-19(18)24-25-20/h1-3,6-7,17H,4-5,8-15H2,(H,23,28)(H,24,25). The molecular formula is C22H28N4O2. The molecule has 1 aliphatic carbocycles. The second kappa shape index (κ2) is 8.59. The van der Waals surface area contributed by atoms with Crippen molar-refractivity contribution in [3.05, 3.63) is 52.8 Å². The van der Waals surface area contributed by atoms with E-state index in [1.165, 1.54) is 16.8 Å². The second-order valence-electron chi connectivity index (χ2n) is 7.86. The lowest BCUT2D eigenvalue weighted by molar-refractivity contribution is -0.138. The Kier molecular flexibility index (Phi) is 5.74. The van der Waals surface area contributed by atoms with Gasteiger partial charge in [-0.1, -0.05) is 30.3 Å². The van der Waals surface area contributed by atoms with E-state index < -0.39 is 0 Å². The smallest absolute Gasteiger partial charge is 0.225 e. The van der Waals surface area contributed by atoms with Crippen molar-refractivity contribution in [1.82, 2.24) is 20.4 Å². The number of nitrogens with one attached hydrogen (secondary N) is 2. The van der Waals surface area contributed by atoms with Crippen LogP contribution in [0, 0.1) is 5.92 Å². The largest absolute Gasteiger partial charge is 0.350 e. The molecule has 1 atom stereocenters. The van der Waals surface area contributed by atoms with Gasteiger partial charge in [0.25, 0.3) is 0 Å². The molecule has 6 nitrogen and oxygen atoms in total. The molecule has 148 valence electrons. The van der Waals surface area contributed by atoms with E-state index in [-0.39, 0.29) is 17.7 Å². The topological polar surface area (TPSA) is 78.1 Å². The highest BCUT2D eigenvalue weighted by Crippen LogP contribution is 2.23. The number of hydrogen-bond donors (Lipinski definition) is 2. The number of fused-ring (bicyclic) bond motifs is 1. The van der Waals surface area contributed by atoms with E-state index in [9.17, 15) is 9.59 Å². The maximum atomic E-state index is 12.7. The number of likely N-dealkylation sites (tertiary alicyclic amines) is 1. The Morgan fingerprint density at radius 1 is 1.21 bits per heavy atom. The Hall–Kier alpha value is -2.63. The van der Waals surface area contributed by atoms with Crippen molar-refractivity contribution in [3.63, 3.8) is 0 Å². The SMILES string of the molecule is O=C(NCc1n[nH]c2c1CCC2)C1CCC(=O)N(CCCc2ccccc2)C1. The minimum absolute atomic E-state index is 0.0373. The number of carbonyl (C=O) groups is 2. The number of piperidine rings is 1. The number of benzene rings is 1. The highest BCUT2D eigenvalue weighted by atomic mass is 16.2. The van der Waals surface area contributed by atoms with Gasteiger partial charge in [0.05, 0.1) is 18.2 Å². The molecule has 2 amide bonds. The van der Waals surface area contributed by atoms with Crippen LogP contribution in [0.1, 0.15) is 48.2 Å². The van der Waals surface area contributed by atoms with Gasteiger partial charge in [0.15, 0.2) is 0 Å². The van der Waals surface area contributed by atoms with Crippen LogP contribution in [0.4, 0.5) is 0 Å². The maximum absolute atomic E-state index is 12.7. The summed E-state index contributed by atoms with van der Waals surface area (Å²) < 4.78 is 0. The number of rotatable bonds is 7. The Morgan fingerprint density at radius 2 is 2.07 bits per heavy atom. The van der Waals surface area contributed by atoms with Gasteiger partial charge in [-0.15, -0.1) is 0 Å². The van der Waals surface area contributed by atoms with E-state index >= 15 is 0 Å². The lowest BCUT2D eigenvalue weighted by Crippen LogP contribution is -2.46. The number of nitrogens with zero attached hydrogens (tertiary/aromatic N) is 2. The number of carbonyl (C=O) groups excluding carboxylic acids is 2. The summed E-state index contributed by atoms with van der Waals surface area (Å²) >= 11 is 0. The molecule has 1 saturated heterocycles. The summed E-state index contributed by atoms with van der Waals surface area (Å²) in [6.07, 6.45) is 6.23. The maximum Gasteiger partial charge on any atom is 0.225 e. The Balaban J connectivity index is 1.26. The molecule has 2 aromatic rings. The number of aromatic amines is 1. The highest BCUT2D eigenvalue weighted by molar-refractivity contribution is 5.83. The number of amides is 2. The van der Waals surface area contributed by atoms with Gasteiger partial charge in [-0.2, -0.15) is 5.10 Å². The molecule has 0 spiro atoms. The predicted molar refractivity (Wildman–Crippen MR) is 107 cm³/mol. The summed E-state index contributed by atoms with van der Waals surface area (Å²) in [7, 11) is 0. The van der Waals surface area contributed by atoms with Crippen molar-refractivity contribution in [2.24, 2.45) is 5.92 Å². The average Bonchev–Trinajstić information content (AvgIpc) is 3.33. The molecule has 1 unspecified atom stereocenters. The van der Waals surface area contributed by atoms with E-state index in [1.54, 1.807) is 0 Å². The van der Waals surface area contributed by atoms with Crippen LogP contribution in [-0.4, -0.2) is 40.0 Å². The van der Waals surface area contributed by atoms with Crippen LogP contribution in [0.15, 0.2) is 30.3 Å². The first kappa shape index (κ1) is 18.7. The fraction of sp³-hybridized carbons (Fsp3) is 0.500. The van der Waals surface area contributed by atoms with Crippen molar-refractivity contribution in [2.45, 2.75) is 51.5 Å².